The Morgan fingerprint density at radius 2 is 1.53 bits per heavy atom. The molecule has 5 aromatic rings. The SMILES string of the molecule is COc1ccc(C(NC(=O)O[C@H]2C[N+]3(CC(=O)c4ccccc4)CCC2CC3)c2ccccc2)cc1OCCCCCCCCCNCC(O)c1ccc(O)c2[nH]c(=O)ccc12. The molecule has 2 bridgehead atoms. The van der Waals surface area contributed by atoms with Crippen LogP contribution in [0.15, 0.2) is 108 Å². The summed E-state index contributed by atoms with van der Waals surface area (Å²) >= 11 is 0. The van der Waals surface area contributed by atoms with Gasteiger partial charge in [0.1, 0.15) is 18.8 Å². The first-order chi connectivity index (χ1) is 30.2. The molecule has 5 N–H and O–H groups in total. The summed E-state index contributed by atoms with van der Waals surface area (Å²) in [6.45, 7) is 4.62. The van der Waals surface area contributed by atoms with Gasteiger partial charge in [-0.25, -0.2) is 4.79 Å². The molecular weight excluding hydrogens is 785 g/mol. The zero-order valence-corrected chi connectivity index (χ0v) is 35.7. The van der Waals surface area contributed by atoms with E-state index in [9.17, 15) is 24.6 Å². The van der Waals surface area contributed by atoms with E-state index < -0.39 is 18.2 Å². The Labute approximate surface area is 363 Å². The average Bonchev–Trinajstić information content (AvgIpc) is 3.29. The first-order valence-electron chi connectivity index (χ1n) is 22.2. The number of quaternary nitrogens is 1. The summed E-state index contributed by atoms with van der Waals surface area (Å²) in [7, 11) is 1.63. The lowest BCUT2D eigenvalue weighted by atomic mass is 9.83. The normalized spacial score (nSPS) is 19.1. The molecule has 1 aromatic heterocycles. The number of nitrogens with zero attached hydrogens (tertiary/aromatic N) is 1. The van der Waals surface area contributed by atoms with E-state index in [1.807, 2.05) is 78.9 Å². The van der Waals surface area contributed by atoms with Crippen molar-refractivity contribution in [1.82, 2.24) is 15.6 Å². The molecular formula is C50H61N4O8+. The number of pyridine rings is 1. The zero-order valence-electron chi connectivity index (χ0n) is 35.7. The summed E-state index contributed by atoms with van der Waals surface area (Å²) in [6, 6.07) is 30.8. The molecule has 12 heteroatoms. The number of unbranched alkanes of at least 4 members (excludes halogenated alkanes) is 6. The van der Waals surface area contributed by atoms with Crippen molar-refractivity contribution < 1.29 is 38.5 Å². The number of ether oxygens (including phenoxy) is 3. The van der Waals surface area contributed by atoms with Crippen molar-refractivity contribution in [1.29, 1.82) is 0 Å². The number of ketones is 1. The minimum Gasteiger partial charge on any atom is -0.506 e. The quantitative estimate of drug-likeness (QED) is 0.0265. The molecule has 3 atom stereocenters. The minimum atomic E-state index is -0.764. The lowest BCUT2D eigenvalue weighted by Crippen LogP contribution is -2.66. The van der Waals surface area contributed by atoms with Crippen molar-refractivity contribution in [3.8, 4) is 17.2 Å². The number of aromatic amines is 1. The van der Waals surface area contributed by atoms with Crippen LogP contribution in [0.25, 0.3) is 10.9 Å². The molecule has 328 valence electrons. The van der Waals surface area contributed by atoms with Crippen molar-refractivity contribution in [2.75, 3.05) is 53.0 Å². The highest BCUT2D eigenvalue weighted by Gasteiger charge is 2.48. The second kappa shape index (κ2) is 21.4. The van der Waals surface area contributed by atoms with Crippen molar-refractivity contribution in [3.63, 3.8) is 0 Å². The number of aromatic nitrogens is 1. The van der Waals surface area contributed by atoms with E-state index in [1.165, 1.54) is 12.1 Å². The van der Waals surface area contributed by atoms with Crippen LogP contribution < -0.4 is 25.7 Å². The van der Waals surface area contributed by atoms with Crippen LogP contribution in [-0.4, -0.2) is 90.6 Å². The number of amides is 1. The van der Waals surface area contributed by atoms with E-state index in [4.69, 9.17) is 14.2 Å². The van der Waals surface area contributed by atoms with Crippen molar-refractivity contribution in [3.05, 3.63) is 136 Å². The molecule has 1 amide bonds. The first-order valence-corrected chi connectivity index (χ1v) is 22.2. The third-order valence-corrected chi connectivity index (χ3v) is 12.6. The molecule has 2 unspecified atom stereocenters. The number of hydrogen-bond donors (Lipinski definition) is 5. The Hall–Kier alpha value is -5.69. The molecule has 4 heterocycles. The fraction of sp³-hybridized carbons (Fsp3) is 0.420. The number of methoxy groups -OCH3 is 1. The largest absolute Gasteiger partial charge is 0.506 e. The lowest BCUT2D eigenvalue weighted by Gasteiger charge is -2.51. The number of rotatable bonds is 22. The van der Waals surface area contributed by atoms with Gasteiger partial charge in [-0.15, -0.1) is 0 Å². The Morgan fingerprint density at radius 1 is 0.823 bits per heavy atom. The monoisotopic (exact) mass is 845 g/mol. The van der Waals surface area contributed by atoms with Crippen LogP contribution in [0.4, 0.5) is 4.79 Å². The molecule has 3 saturated heterocycles. The average molecular weight is 846 g/mol. The van der Waals surface area contributed by atoms with Crippen molar-refractivity contribution in [2.24, 2.45) is 5.92 Å². The van der Waals surface area contributed by atoms with Crippen molar-refractivity contribution >= 4 is 22.8 Å². The number of benzene rings is 4. The van der Waals surface area contributed by atoms with E-state index >= 15 is 0 Å². The summed E-state index contributed by atoms with van der Waals surface area (Å²) in [4.78, 5) is 41.3. The number of alkyl carbamates (subject to hydrolysis) is 1. The second-order valence-corrected chi connectivity index (χ2v) is 16.9. The molecule has 4 aromatic carbocycles. The van der Waals surface area contributed by atoms with Crippen LogP contribution >= 0.6 is 0 Å². The third kappa shape index (κ3) is 11.4. The molecule has 0 radical (unpaired) electrons. The lowest BCUT2D eigenvalue weighted by molar-refractivity contribution is -0.938. The highest BCUT2D eigenvalue weighted by molar-refractivity contribution is 5.97. The standard InChI is InChI=1S/C50H60N4O8/c1-60-44-23-19-38(31-45(44)61-30-14-6-4-2-3-5-13-27-51-32-42(56)39-20-22-41(55)49-40(39)21-24-47(58)52-49)48(37-17-11-8-12-18-37)53-50(59)62-46-34-54(28-25-36(46)26-29-54)33-43(57)35-15-9-7-10-16-35/h7-12,15-24,31,36,42,46,48,51,56H,2-6,13-14,25-30,32-34H2,1H3,(H2-,52,53,55,58,59)/p+1/t36?,42?,46-,48?,54?/m0/s1. The number of aliphatic hydroxyl groups is 1. The number of H-pyrrole nitrogens is 1. The van der Waals surface area contributed by atoms with Gasteiger partial charge in [-0.2, -0.15) is 0 Å². The van der Waals surface area contributed by atoms with Gasteiger partial charge in [0, 0.05) is 42.3 Å². The Balaban J connectivity index is 0.841. The van der Waals surface area contributed by atoms with Gasteiger partial charge >= 0.3 is 6.09 Å². The number of nitrogens with one attached hydrogen (secondary N) is 3. The Bertz CT molecular complexity index is 2290. The molecule has 12 nitrogen and oxygen atoms in total. The van der Waals surface area contributed by atoms with Gasteiger partial charge in [-0.1, -0.05) is 105 Å². The van der Waals surface area contributed by atoms with Crippen LogP contribution in [0, 0.1) is 5.92 Å². The van der Waals surface area contributed by atoms with E-state index in [0.717, 1.165) is 94.1 Å². The molecule has 8 rings (SSSR count). The number of carbonyl (C=O) groups is 2. The third-order valence-electron chi connectivity index (χ3n) is 12.6. The predicted molar refractivity (Wildman–Crippen MR) is 240 cm³/mol. The van der Waals surface area contributed by atoms with E-state index in [-0.39, 0.29) is 29.1 Å². The van der Waals surface area contributed by atoms with E-state index in [2.05, 4.69) is 15.6 Å². The van der Waals surface area contributed by atoms with Gasteiger partial charge in [-0.05, 0) is 60.3 Å². The number of fused-ring (bicyclic) bond motifs is 4. The Kier molecular flexibility index (Phi) is 15.3. The molecule has 0 aliphatic carbocycles. The van der Waals surface area contributed by atoms with Crippen LogP contribution in [0.2, 0.25) is 0 Å². The molecule has 3 aliphatic heterocycles. The fourth-order valence-corrected chi connectivity index (χ4v) is 9.19. The number of aromatic hydroxyl groups is 1. The number of phenolic OH excluding ortho intramolecular Hbond substituents is 1. The topological polar surface area (TPSA) is 159 Å². The second-order valence-electron chi connectivity index (χ2n) is 16.9. The van der Waals surface area contributed by atoms with Crippen LogP contribution in [0.1, 0.15) is 97.0 Å². The van der Waals surface area contributed by atoms with E-state index in [0.29, 0.717) is 58.7 Å². The Morgan fingerprint density at radius 3 is 2.27 bits per heavy atom. The maximum Gasteiger partial charge on any atom is 0.408 e. The molecule has 0 spiro atoms. The van der Waals surface area contributed by atoms with Gasteiger partial charge < -0.3 is 44.5 Å². The summed E-state index contributed by atoms with van der Waals surface area (Å²) in [5.41, 5.74) is 3.19. The van der Waals surface area contributed by atoms with Gasteiger partial charge in [0.05, 0.1) is 44.5 Å². The highest BCUT2D eigenvalue weighted by Crippen LogP contribution is 2.37. The first kappa shape index (κ1) is 44.4. The summed E-state index contributed by atoms with van der Waals surface area (Å²) < 4.78 is 18.8. The number of Topliss-reactive ketones (excluding diaryl/α,β-unsaturated/α-hetero) is 1. The summed E-state index contributed by atoms with van der Waals surface area (Å²) in [6.07, 6.45) is 7.77. The van der Waals surface area contributed by atoms with Gasteiger partial charge in [0.2, 0.25) is 11.3 Å². The maximum absolute atomic E-state index is 13.7. The number of piperidine rings is 3. The highest BCUT2D eigenvalue weighted by atomic mass is 16.6. The van der Waals surface area contributed by atoms with Crippen LogP contribution in [-0.2, 0) is 4.74 Å². The maximum atomic E-state index is 13.7. The number of phenols is 1. The fourth-order valence-electron chi connectivity index (χ4n) is 9.19. The number of carbonyl (C=O) groups excluding carboxylic acids is 2. The molecule has 3 fully saturated rings. The van der Waals surface area contributed by atoms with Gasteiger partial charge in [0.25, 0.3) is 0 Å². The van der Waals surface area contributed by atoms with Crippen LogP contribution in [0.3, 0.4) is 0 Å². The molecule has 62 heavy (non-hydrogen) atoms. The minimum absolute atomic E-state index is 0.0200. The van der Waals surface area contributed by atoms with Crippen molar-refractivity contribution in [2.45, 2.75) is 76.0 Å². The predicted octanol–water partition coefficient (Wildman–Crippen LogP) is 7.98. The summed E-state index contributed by atoms with van der Waals surface area (Å²) in [5, 5.41) is 28.0. The van der Waals surface area contributed by atoms with Gasteiger partial charge in [-0.3, -0.25) is 9.59 Å². The number of hydrogen-bond acceptors (Lipinski definition) is 9. The zero-order chi connectivity index (χ0) is 43.3. The van der Waals surface area contributed by atoms with Gasteiger partial charge in [0.15, 0.2) is 17.6 Å². The summed E-state index contributed by atoms with van der Waals surface area (Å²) in [5.74, 6) is 1.65. The number of aliphatic hydroxyl groups excluding tert-OH is 1. The smallest absolute Gasteiger partial charge is 0.408 e. The molecule has 0 saturated carbocycles. The van der Waals surface area contributed by atoms with E-state index in [1.54, 1.807) is 19.2 Å². The molecule has 3 aliphatic rings. The van der Waals surface area contributed by atoms with Crippen LogP contribution in [0.5, 0.6) is 17.2 Å².